The quantitative estimate of drug-likeness (QED) is 0.808. The van der Waals surface area contributed by atoms with Crippen LogP contribution in [0.25, 0.3) is 11.0 Å². The summed E-state index contributed by atoms with van der Waals surface area (Å²) in [5.74, 6) is 0.883. The standard InChI is InChI=1S/C12H15N3O/c13-9-2-1-3-10(9)15-12-8-5-7-16-11(8)4-6-14-12/h4-7,9-10H,1-3,13H2,(H,14,15). The van der Waals surface area contributed by atoms with E-state index in [9.17, 15) is 0 Å². The summed E-state index contributed by atoms with van der Waals surface area (Å²) in [6.07, 6.45) is 6.86. The van der Waals surface area contributed by atoms with Gasteiger partial charge in [-0.25, -0.2) is 4.98 Å². The molecule has 0 bridgehead atoms. The number of nitrogens with zero attached hydrogens (tertiary/aromatic N) is 1. The van der Waals surface area contributed by atoms with E-state index in [1.807, 2.05) is 12.1 Å². The van der Waals surface area contributed by atoms with E-state index in [-0.39, 0.29) is 6.04 Å². The van der Waals surface area contributed by atoms with E-state index in [4.69, 9.17) is 10.2 Å². The van der Waals surface area contributed by atoms with Crippen molar-refractivity contribution in [3.63, 3.8) is 0 Å². The van der Waals surface area contributed by atoms with E-state index >= 15 is 0 Å². The third kappa shape index (κ3) is 1.55. The number of nitrogens with one attached hydrogen (secondary N) is 1. The molecule has 2 heterocycles. The van der Waals surface area contributed by atoms with Crippen LogP contribution in [0.1, 0.15) is 19.3 Å². The third-order valence-electron chi connectivity index (χ3n) is 3.27. The van der Waals surface area contributed by atoms with Crippen LogP contribution in [0.15, 0.2) is 29.0 Å². The minimum atomic E-state index is 0.240. The zero-order chi connectivity index (χ0) is 11.0. The van der Waals surface area contributed by atoms with Crippen molar-refractivity contribution in [3.8, 4) is 0 Å². The predicted octanol–water partition coefficient (Wildman–Crippen LogP) is 2.12. The highest BCUT2D eigenvalue weighted by Gasteiger charge is 2.24. The molecule has 84 valence electrons. The van der Waals surface area contributed by atoms with Crippen LogP contribution in [0.3, 0.4) is 0 Å². The number of fused-ring (bicyclic) bond motifs is 1. The van der Waals surface area contributed by atoms with Crippen molar-refractivity contribution >= 4 is 16.8 Å². The maximum Gasteiger partial charge on any atom is 0.139 e. The van der Waals surface area contributed by atoms with Crippen molar-refractivity contribution in [2.24, 2.45) is 5.73 Å². The van der Waals surface area contributed by atoms with E-state index < -0.39 is 0 Å². The lowest BCUT2D eigenvalue weighted by Crippen LogP contribution is -2.35. The maximum atomic E-state index is 6.03. The molecule has 1 aliphatic rings. The van der Waals surface area contributed by atoms with Crippen LogP contribution < -0.4 is 11.1 Å². The second-order valence-corrected chi connectivity index (χ2v) is 4.34. The minimum absolute atomic E-state index is 0.240. The number of nitrogens with two attached hydrogens (primary N) is 1. The van der Waals surface area contributed by atoms with Crippen LogP contribution in [0.4, 0.5) is 5.82 Å². The summed E-state index contributed by atoms with van der Waals surface area (Å²) in [5.41, 5.74) is 6.90. The lowest BCUT2D eigenvalue weighted by molar-refractivity contribution is 0.615. The smallest absolute Gasteiger partial charge is 0.139 e. The molecule has 4 heteroatoms. The van der Waals surface area contributed by atoms with Gasteiger partial charge in [-0.3, -0.25) is 0 Å². The second-order valence-electron chi connectivity index (χ2n) is 4.34. The van der Waals surface area contributed by atoms with Crippen molar-refractivity contribution in [2.75, 3.05) is 5.32 Å². The highest BCUT2D eigenvalue weighted by Crippen LogP contribution is 2.26. The average molecular weight is 217 g/mol. The fourth-order valence-electron chi connectivity index (χ4n) is 2.35. The van der Waals surface area contributed by atoms with E-state index in [2.05, 4.69) is 10.3 Å². The average Bonchev–Trinajstić information content (AvgIpc) is 2.89. The van der Waals surface area contributed by atoms with Crippen LogP contribution in [-0.4, -0.2) is 17.1 Å². The summed E-state index contributed by atoms with van der Waals surface area (Å²) in [7, 11) is 0. The van der Waals surface area contributed by atoms with Gasteiger partial charge in [0.25, 0.3) is 0 Å². The zero-order valence-corrected chi connectivity index (χ0v) is 9.02. The van der Waals surface area contributed by atoms with E-state index in [0.717, 1.165) is 29.6 Å². The molecule has 4 nitrogen and oxygen atoms in total. The Bertz CT molecular complexity index is 494. The molecule has 3 rings (SSSR count). The molecule has 2 aromatic rings. The summed E-state index contributed by atoms with van der Waals surface area (Å²) in [6.45, 7) is 0. The van der Waals surface area contributed by atoms with Gasteiger partial charge in [0.15, 0.2) is 0 Å². The highest BCUT2D eigenvalue weighted by molar-refractivity contribution is 5.87. The molecule has 0 radical (unpaired) electrons. The molecule has 3 N–H and O–H groups in total. The number of rotatable bonds is 2. The van der Waals surface area contributed by atoms with Gasteiger partial charge in [0, 0.05) is 18.3 Å². The van der Waals surface area contributed by atoms with Crippen molar-refractivity contribution in [1.82, 2.24) is 4.98 Å². The highest BCUT2D eigenvalue weighted by atomic mass is 16.3. The van der Waals surface area contributed by atoms with Crippen molar-refractivity contribution in [3.05, 3.63) is 24.6 Å². The Hall–Kier alpha value is -1.55. The topological polar surface area (TPSA) is 64.1 Å². The van der Waals surface area contributed by atoms with Crippen molar-refractivity contribution in [2.45, 2.75) is 31.3 Å². The summed E-state index contributed by atoms with van der Waals surface area (Å²) in [6, 6.07) is 4.39. The number of furan rings is 1. The second kappa shape index (κ2) is 3.79. The Morgan fingerprint density at radius 2 is 2.31 bits per heavy atom. The van der Waals surface area contributed by atoms with Crippen LogP contribution in [0.2, 0.25) is 0 Å². The molecule has 0 amide bonds. The fraction of sp³-hybridized carbons (Fsp3) is 0.417. The Morgan fingerprint density at radius 3 is 3.12 bits per heavy atom. The maximum absolute atomic E-state index is 6.03. The van der Waals surface area contributed by atoms with Crippen LogP contribution in [0, 0.1) is 0 Å². The molecule has 1 aliphatic carbocycles. The summed E-state index contributed by atoms with van der Waals surface area (Å²) >= 11 is 0. The molecule has 2 unspecified atom stereocenters. The SMILES string of the molecule is NC1CCCC1Nc1nccc2occc12. The molecule has 0 aromatic carbocycles. The largest absolute Gasteiger partial charge is 0.464 e. The Kier molecular flexibility index (Phi) is 2.29. The summed E-state index contributed by atoms with van der Waals surface area (Å²) < 4.78 is 5.34. The number of pyridine rings is 1. The molecule has 0 saturated heterocycles. The number of hydrogen-bond acceptors (Lipinski definition) is 4. The van der Waals surface area contributed by atoms with E-state index in [1.165, 1.54) is 6.42 Å². The van der Waals surface area contributed by atoms with Crippen molar-refractivity contribution in [1.29, 1.82) is 0 Å². The molecule has 1 saturated carbocycles. The van der Waals surface area contributed by atoms with Gasteiger partial charge >= 0.3 is 0 Å². The molecule has 2 aromatic heterocycles. The molecular formula is C12H15N3O. The van der Waals surface area contributed by atoms with E-state index in [0.29, 0.717) is 6.04 Å². The van der Waals surface area contributed by atoms with Gasteiger partial charge in [0.1, 0.15) is 11.4 Å². The van der Waals surface area contributed by atoms with Crippen LogP contribution in [0.5, 0.6) is 0 Å². The van der Waals surface area contributed by atoms with Crippen LogP contribution in [-0.2, 0) is 0 Å². The number of hydrogen-bond donors (Lipinski definition) is 2. The van der Waals surface area contributed by atoms with Gasteiger partial charge in [0.2, 0.25) is 0 Å². The first-order valence-corrected chi connectivity index (χ1v) is 5.69. The first-order valence-electron chi connectivity index (χ1n) is 5.69. The Labute approximate surface area is 93.8 Å². The molecule has 0 spiro atoms. The minimum Gasteiger partial charge on any atom is -0.464 e. The molecule has 1 fully saturated rings. The van der Waals surface area contributed by atoms with Gasteiger partial charge in [-0.05, 0) is 31.4 Å². The van der Waals surface area contributed by atoms with E-state index in [1.54, 1.807) is 12.5 Å². The first-order chi connectivity index (χ1) is 7.84. The zero-order valence-electron chi connectivity index (χ0n) is 9.02. The Balaban J connectivity index is 1.91. The molecule has 0 aliphatic heterocycles. The number of anilines is 1. The summed E-state index contributed by atoms with van der Waals surface area (Å²) in [4.78, 5) is 4.35. The normalized spacial score (nSPS) is 25.1. The van der Waals surface area contributed by atoms with Gasteiger partial charge < -0.3 is 15.5 Å². The fourth-order valence-corrected chi connectivity index (χ4v) is 2.35. The lowest BCUT2D eigenvalue weighted by Gasteiger charge is -2.18. The first kappa shape index (κ1) is 9.66. The monoisotopic (exact) mass is 217 g/mol. The van der Waals surface area contributed by atoms with Gasteiger partial charge in [-0.1, -0.05) is 0 Å². The Morgan fingerprint density at radius 1 is 1.38 bits per heavy atom. The predicted molar refractivity (Wildman–Crippen MR) is 63.2 cm³/mol. The molecular weight excluding hydrogens is 202 g/mol. The van der Waals surface area contributed by atoms with Gasteiger partial charge in [0.05, 0.1) is 11.6 Å². The molecule has 16 heavy (non-hydrogen) atoms. The summed E-state index contributed by atoms with van der Waals surface area (Å²) in [5, 5.41) is 4.45. The lowest BCUT2D eigenvalue weighted by atomic mass is 10.2. The number of aromatic nitrogens is 1. The van der Waals surface area contributed by atoms with Crippen molar-refractivity contribution < 1.29 is 4.42 Å². The van der Waals surface area contributed by atoms with Crippen LogP contribution >= 0.6 is 0 Å². The van der Waals surface area contributed by atoms with Gasteiger partial charge in [-0.15, -0.1) is 0 Å². The van der Waals surface area contributed by atoms with Gasteiger partial charge in [-0.2, -0.15) is 0 Å². The third-order valence-corrected chi connectivity index (χ3v) is 3.27. The molecule has 2 atom stereocenters.